The predicted octanol–water partition coefficient (Wildman–Crippen LogP) is 2.96. The first-order valence-corrected chi connectivity index (χ1v) is 7.11. The smallest absolute Gasteiger partial charge is 0.146 e. The summed E-state index contributed by atoms with van der Waals surface area (Å²) in [5, 5.41) is 4.37. The molecule has 0 radical (unpaired) electrons. The Hall–Kier alpha value is -2.40. The van der Waals surface area contributed by atoms with E-state index in [0.717, 1.165) is 35.6 Å². The monoisotopic (exact) mass is 280 g/mol. The van der Waals surface area contributed by atoms with Crippen LogP contribution in [0.2, 0.25) is 0 Å². The van der Waals surface area contributed by atoms with Gasteiger partial charge in [0.05, 0.1) is 11.6 Å². The fourth-order valence-electron chi connectivity index (χ4n) is 2.81. The van der Waals surface area contributed by atoms with E-state index in [-0.39, 0.29) is 0 Å². The van der Waals surface area contributed by atoms with Gasteiger partial charge in [-0.3, -0.25) is 4.98 Å². The zero-order valence-corrected chi connectivity index (χ0v) is 11.8. The molecule has 0 saturated carbocycles. The summed E-state index contributed by atoms with van der Waals surface area (Å²) in [5.41, 5.74) is 3.21. The molecule has 2 N–H and O–H groups in total. The van der Waals surface area contributed by atoms with Gasteiger partial charge in [-0.05, 0) is 23.8 Å². The first kappa shape index (κ1) is 12.3. The molecule has 5 heteroatoms. The summed E-state index contributed by atoms with van der Waals surface area (Å²) in [7, 11) is 0. The van der Waals surface area contributed by atoms with E-state index in [9.17, 15) is 0 Å². The van der Waals surface area contributed by atoms with Gasteiger partial charge in [-0.2, -0.15) is 0 Å². The van der Waals surface area contributed by atoms with Crippen LogP contribution in [0.15, 0.2) is 36.8 Å². The molecule has 3 aromatic heterocycles. The molecule has 0 bridgehead atoms. The second-order valence-electron chi connectivity index (χ2n) is 5.40. The van der Waals surface area contributed by atoms with Gasteiger partial charge >= 0.3 is 0 Å². The molecular formula is C16H16N4O. The first-order chi connectivity index (χ1) is 10.3. The lowest BCUT2D eigenvalue weighted by Gasteiger charge is -2.22. The van der Waals surface area contributed by atoms with Crippen LogP contribution in [0.4, 0.5) is 0 Å². The molecule has 0 aliphatic carbocycles. The normalized spacial score (nSPS) is 17.7. The third-order valence-corrected chi connectivity index (χ3v) is 3.86. The van der Waals surface area contributed by atoms with Crippen molar-refractivity contribution in [1.82, 2.24) is 20.3 Å². The van der Waals surface area contributed by atoms with Crippen molar-refractivity contribution in [1.29, 1.82) is 0 Å². The Kier molecular flexibility index (Phi) is 2.86. The van der Waals surface area contributed by atoms with Crippen molar-refractivity contribution in [3.63, 3.8) is 0 Å². The van der Waals surface area contributed by atoms with Gasteiger partial charge in [-0.1, -0.05) is 6.92 Å². The fraction of sp³-hybridized carbons (Fsp3) is 0.250. The third-order valence-electron chi connectivity index (χ3n) is 3.86. The van der Waals surface area contributed by atoms with E-state index in [1.807, 2.05) is 18.3 Å². The Morgan fingerprint density at radius 3 is 3.19 bits per heavy atom. The molecule has 1 unspecified atom stereocenters. The van der Waals surface area contributed by atoms with Crippen molar-refractivity contribution in [2.75, 3.05) is 6.54 Å². The van der Waals surface area contributed by atoms with Crippen LogP contribution >= 0.6 is 0 Å². The SMILES string of the molecule is CC1CNCc2cc(Oc3ccnc4[nH]ccc34)cnc21. The number of aromatic nitrogens is 3. The predicted molar refractivity (Wildman–Crippen MR) is 80.5 cm³/mol. The van der Waals surface area contributed by atoms with E-state index >= 15 is 0 Å². The van der Waals surface area contributed by atoms with Crippen molar-refractivity contribution in [3.8, 4) is 11.5 Å². The number of nitrogens with zero attached hydrogens (tertiary/aromatic N) is 2. The average Bonchev–Trinajstić information content (AvgIpc) is 2.97. The van der Waals surface area contributed by atoms with Crippen LogP contribution in [-0.4, -0.2) is 21.5 Å². The summed E-state index contributed by atoms with van der Waals surface area (Å²) in [6, 6.07) is 5.91. The van der Waals surface area contributed by atoms with E-state index in [1.165, 1.54) is 11.3 Å². The first-order valence-electron chi connectivity index (χ1n) is 7.11. The van der Waals surface area contributed by atoms with Crippen molar-refractivity contribution >= 4 is 11.0 Å². The Morgan fingerprint density at radius 2 is 2.24 bits per heavy atom. The number of hydrogen-bond acceptors (Lipinski definition) is 4. The minimum atomic E-state index is 0.445. The topological polar surface area (TPSA) is 62.8 Å². The van der Waals surface area contributed by atoms with Gasteiger partial charge in [-0.15, -0.1) is 0 Å². The van der Waals surface area contributed by atoms with E-state index in [0.29, 0.717) is 5.92 Å². The fourth-order valence-corrected chi connectivity index (χ4v) is 2.81. The van der Waals surface area contributed by atoms with Gasteiger partial charge in [0, 0.05) is 37.1 Å². The summed E-state index contributed by atoms with van der Waals surface area (Å²) in [6.45, 7) is 4.01. The maximum Gasteiger partial charge on any atom is 0.146 e. The summed E-state index contributed by atoms with van der Waals surface area (Å²) in [4.78, 5) is 11.9. The van der Waals surface area contributed by atoms with Crippen LogP contribution in [0.25, 0.3) is 11.0 Å². The number of nitrogens with one attached hydrogen (secondary N) is 2. The molecule has 3 aromatic rings. The second-order valence-corrected chi connectivity index (χ2v) is 5.40. The maximum absolute atomic E-state index is 6.00. The van der Waals surface area contributed by atoms with Crippen molar-refractivity contribution < 1.29 is 4.74 Å². The van der Waals surface area contributed by atoms with Gasteiger partial charge in [0.2, 0.25) is 0 Å². The van der Waals surface area contributed by atoms with Crippen LogP contribution in [0.1, 0.15) is 24.1 Å². The van der Waals surface area contributed by atoms with Gasteiger partial charge in [0.25, 0.3) is 0 Å². The van der Waals surface area contributed by atoms with Gasteiger partial charge in [0.15, 0.2) is 0 Å². The number of rotatable bonds is 2. The Labute approximate surface area is 122 Å². The second kappa shape index (κ2) is 4.86. The Bertz CT molecular complexity index is 796. The quantitative estimate of drug-likeness (QED) is 0.757. The summed E-state index contributed by atoms with van der Waals surface area (Å²) in [6.07, 6.45) is 5.41. The molecule has 0 fully saturated rings. The van der Waals surface area contributed by atoms with E-state index in [2.05, 4.69) is 33.3 Å². The largest absolute Gasteiger partial charge is 0.455 e. The standard InChI is InChI=1S/C16H16N4O/c1-10-7-17-8-11-6-12(9-20-15(10)11)21-14-3-5-19-16-13(14)2-4-18-16/h2-6,9-10,17H,7-8H2,1H3,(H,18,19). The van der Waals surface area contributed by atoms with Crippen molar-refractivity contribution in [3.05, 3.63) is 48.0 Å². The lowest BCUT2D eigenvalue weighted by atomic mass is 9.98. The average molecular weight is 280 g/mol. The molecule has 106 valence electrons. The van der Waals surface area contributed by atoms with Crippen LogP contribution in [0.3, 0.4) is 0 Å². The highest BCUT2D eigenvalue weighted by Gasteiger charge is 2.18. The molecule has 5 nitrogen and oxygen atoms in total. The molecule has 0 spiro atoms. The molecule has 1 aliphatic rings. The number of ether oxygens (including phenoxy) is 1. The minimum Gasteiger partial charge on any atom is -0.455 e. The maximum atomic E-state index is 6.00. The van der Waals surface area contributed by atoms with Gasteiger partial charge in [-0.25, -0.2) is 4.98 Å². The van der Waals surface area contributed by atoms with Gasteiger partial charge in [0.1, 0.15) is 17.1 Å². The van der Waals surface area contributed by atoms with Crippen LogP contribution in [-0.2, 0) is 6.54 Å². The summed E-state index contributed by atoms with van der Waals surface area (Å²) >= 11 is 0. The molecule has 4 heterocycles. The molecule has 1 atom stereocenters. The molecule has 1 aliphatic heterocycles. The van der Waals surface area contributed by atoms with E-state index in [4.69, 9.17) is 4.74 Å². The van der Waals surface area contributed by atoms with E-state index < -0.39 is 0 Å². The van der Waals surface area contributed by atoms with Crippen molar-refractivity contribution in [2.45, 2.75) is 19.4 Å². The van der Waals surface area contributed by atoms with Crippen LogP contribution < -0.4 is 10.1 Å². The number of hydrogen-bond donors (Lipinski definition) is 2. The highest BCUT2D eigenvalue weighted by molar-refractivity contribution is 5.82. The minimum absolute atomic E-state index is 0.445. The number of H-pyrrole nitrogens is 1. The van der Waals surface area contributed by atoms with Crippen molar-refractivity contribution in [2.24, 2.45) is 0 Å². The highest BCUT2D eigenvalue weighted by atomic mass is 16.5. The van der Waals surface area contributed by atoms with Gasteiger partial charge < -0.3 is 15.0 Å². The third kappa shape index (κ3) is 2.15. The highest BCUT2D eigenvalue weighted by Crippen LogP contribution is 2.30. The Morgan fingerprint density at radius 1 is 1.29 bits per heavy atom. The number of fused-ring (bicyclic) bond motifs is 2. The molecule has 0 aromatic carbocycles. The lowest BCUT2D eigenvalue weighted by Crippen LogP contribution is -2.27. The number of pyridine rings is 2. The molecule has 4 rings (SSSR count). The molecular weight excluding hydrogens is 264 g/mol. The van der Waals surface area contributed by atoms with Crippen LogP contribution in [0, 0.1) is 0 Å². The summed E-state index contributed by atoms with van der Waals surface area (Å²) < 4.78 is 6.00. The molecule has 0 saturated heterocycles. The zero-order chi connectivity index (χ0) is 14.2. The van der Waals surface area contributed by atoms with E-state index in [1.54, 1.807) is 12.4 Å². The van der Waals surface area contributed by atoms with Crippen LogP contribution in [0.5, 0.6) is 11.5 Å². The number of aromatic amines is 1. The molecule has 21 heavy (non-hydrogen) atoms. The Balaban J connectivity index is 1.70. The lowest BCUT2D eigenvalue weighted by molar-refractivity contribution is 0.478. The zero-order valence-electron chi connectivity index (χ0n) is 11.8. The summed E-state index contributed by atoms with van der Waals surface area (Å²) in [5.74, 6) is 2.00. The molecule has 0 amide bonds.